The van der Waals surface area contributed by atoms with Crippen LogP contribution in [0.1, 0.15) is 31.4 Å². The molecule has 0 bridgehead atoms. The Morgan fingerprint density at radius 1 is 1.25 bits per heavy atom. The number of hydrogen-bond donors (Lipinski definition) is 1. The Balaban J connectivity index is 1.55. The van der Waals surface area contributed by atoms with E-state index >= 15 is 0 Å². The number of morpholine rings is 1. The van der Waals surface area contributed by atoms with Gasteiger partial charge in [-0.05, 0) is 37.5 Å². The van der Waals surface area contributed by atoms with Crippen LogP contribution >= 0.6 is 0 Å². The van der Waals surface area contributed by atoms with Gasteiger partial charge < -0.3 is 24.3 Å². The first-order valence-corrected chi connectivity index (χ1v) is 10.1. The summed E-state index contributed by atoms with van der Waals surface area (Å²) in [7, 11) is 1.66. The van der Waals surface area contributed by atoms with E-state index in [1.807, 2.05) is 12.1 Å². The predicted molar refractivity (Wildman–Crippen MR) is 106 cm³/mol. The van der Waals surface area contributed by atoms with Crippen LogP contribution in [0.15, 0.2) is 24.3 Å². The third-order valence-corrected chi connectivity index (χ3v) is 5.38. The Morgan fingerprint density at radius 3 is 2.64 bits per heavy atom. The van der Waals surface area contributed by atoms with Gasteiger partial charge in [0.1, 0.15) is 11.9 Å². The number of hydrogen-bond acceptors (Lipinski definition) is 6. The van der Waals surface area contributed by atoms with E-state index < -0.39 is 6.10 Å². The van der Waals surface area contributed by atoms with E-state index in [4.69, 9.17) is 18.9 Å². The summed E-state index contributed by atoms with van der Waals surface area (Å²) in [6, 6.07) is 8.12. The quantitative estimate of drug-likeness (QED) is 0.691. The van der Waals surface area contributed by atoms with Gasteiger partial charge in [-0.2, -0.15) is 0 Å². The maximum Gasteiger partial charge on any atom is 0.248 e. The molecule has 2 saturated heterocycles. The topological polar surface area (TPSA) is 69.3 Å². The zero-order valence-electron chi connectivity index (χ0n) is 16.9. The summed E-state index contributed by atoms with van der Waals surface area (Å²) < 4.78 is 22.0. The summed E-state index contributed by atoms with van der Waals surface area (Å²) in [5, 5.41) is 3.06. The lowest BCUT2D eigenvalue weighted by molar-refractivity contribution is -0.134. The Bertz CT molecular complexity index is 597. The summed E-state index contributed by atoms with van der Waals surface area (Å²) >= 11 is 0. The summed E-state index contributed by atoms with van der Waals surface area (Å²) in [5.41, 5.74) is 1.15. The van der Waals surface area contributed by atoms with E-state index in [1.54, 1.807) is 14.0 Å². The van der Waals surface area contributed by atoms with Gasteiger partial charge in [0, 0.05) is 26.2 Å². The summed E-state index contributed by atoms with van der Waals surface area (Å²) in [4.78, 5) is 14.9. The Morgan fingerprint density at radius 2 is 2.00 bits per heavy atom. The van der Waals surface area contributed by atoms with E-state index in [-0.39, 0.29) is 18.1 Å². The third-order valence-electron chi connectivity index (χ3n) is 5.38. The number of rotatable bonds is 9. The molecule has 1 N–H and O–H groups in total. The van der Waals surface area contributed by atoms with E-state index in [1.165, 1.54) is 0 Å². The van der Waals surface area contributed by atoms with E-state index in [0.29, 0.717) is 26.4 Å². The Labute approximate surface area is 167 Å². The molecule has 28 heavy (non-hydrogen) atoms. The molecule has 3 rings (SSSR count). The van der Waals surface area contributed by atoms with Crippen molar-refractivity contribution in [2.75, 3.05) is 53.2 Å². The molecule has 0 aromatic heterocycles. The summed E-state index contributed by atoms with van der Waals surface area (Å²) in [6.45, 7) is 6.69. The lowest BCUT2D eigenvalue weighted by atomic mass is 10.0. The minimum Gasteiger partial charge on any atom is -0.497 e. The lowest BCUT2D eigenvalue weighted by Gasteiger charge is -2.35. The van der Waals surface area contributed by atoms with Crippen LogP contribution in [0.5, 0.6) is 5.75 Å². The van der Waals surface area contributed by atoms with Crippen LogP contribution in [0.3, 0.4) is 0 Å². The second-order valence-electron chi connectivity index (χ2n) is 7.29. The number of carbonyl (C=O) groups is 1. The van der Waals surface area contributed by atoms with E-state index in [2.05, 4.69) is 22.3 Å². The van der Waals surface area contributed by atoms with E-state index in [9.17, 15) is 4.79 Å². The number of ether oxygens (including phenoxy) is 4. The molecule has 2 aliphatic heterocycles. The van der Waals surface area contributed by atoms with Gasteiger partial charge in [-0.1, -0.05) is 12.1 Å². The second kappa shape index (κ2) is 10.8. The Kier molecular flexibility index (Phi) is 8.09. The standard InChI is InChI=1S/C21H32N2O5/c1-16(28-15-19-4-3-11-27-19)21(24)22-14-20(23-9-12-26-13-10-23)17-5-7-18(25-2)8-6-17/h5-8,16,19-20H,3-4,9-15H2,1-2H3,(H,22,24)/t16-,19+,20-/m0/s1. The number of nitrogens with zero attached hydrogens (tertiary/aromatic N) is 1. The van der Waals surface area contributed by atoms with Gasteiger partial charge >= 0.3 is 0 Å². The zero-order valence-corrected chi connectivity index (χ0v) is 16.9. The normalized spacial score (nSPS) is 22.6. The highest BCUT2D eigenvalue weighted by atomic mass is 16.5. The highest BCUT2D eigenvalue weighted by Gasteiger charge is 2.25. The minimum absolute atomic E-state index is 0.0871. The van der Waals surface area contributed by atoms with Gasteiger partial charge in [-0.3, -0.25) is 9.69 Å². The van der Waals surface area contributed by atoms with Crippen molar-refractivity contribution < 1.29 is 23.7 Å². The van der Waals surface area contributed by atoms with Crippen molar-refractivity contribution in [3.63, 3.8) is 0 Å². The molecular weight excluding hydrogens is 360 g/mol. The van der Waals surface area contributed by atoms with Crippen molar-refractivity contribution >= 4 is 5.91 Å². The molecule has 2 heterocycles. The average Bonchev–Trinajstić information content (AvgIpc) is 3.27. The van der Waals surface area contributed by atoms with Crippen LogP contribution < -0.4 is 10.1 Å². The highest BCUT2D eigenvalue weighted by Crippen LogP contribution is 2.23. The van der Waals surface area contributed by atoms with Crippen molar-refractivity contribution in [3.05, 3.63) is 29.8 Å². The zero-order chi connectivity index (χ0) is 19.8. The van der Waals surface area contributed by atoms with Gasteiger partial charge in [-0.15, -0.1) is 0 Å². The van der Waals surface area contributed by atoms with Gasteiger partial charge in [0.05, 0.1) is 39.1 Å². The van der Waals surface area contributed by atoms with Crippen molar-refractivity contribution in [1.29, 1.82) is 0 Å². The fourth-order valence-electron chi connectivity index (χ4n) is 3.62. The van der Waals surface area contributed by atoms with E-state index in [0.717, 1.165) is 43.9 Å². The molecular formula is C21H32N2O5. The van der Waals surface area contributed by atoms with Crippen molar-refractivity contribution in [3.8, 4) is 5.75 Å². The molecule has 156 valence electrons. The highest BCUT2D eigenvalue weighted by molar-refractivity contribution is 5.80. The molecule has 7 heteroatoms. The predicted octanol–water partition coefficient (Wildman–Crippen LogP) is 1.77. The third kappa shape index (κ3) is 5.91. The number of amides is 1. The SMILES string of the molecule is COc1ccc([C@H](CNC(=O)[C@H](C)OC[C@H]2CCCO2)N2CCOCC2)cc1. The molecule has 2 aliphatic rings. The fraction of sp³-hybridized carbons (Fsp3) is 0.667. The minimum atomic E-state index is -0.495. The smallest absolute Gasteiger partial charge is 0.248 e. The maximum absolute atomic E-state index is 12.5. The van der Waals surface area contributed by atoms with Crippen LogP contribution in [0.25, 0.3) is 0 Å². The summed E-state index contributed by atoms with van der Waals surface area (Å²) in [6.07, 6.45) is 1.70. The monoisotopic (exact) mass is 392 g/mol. The molecule has 0 aliphatic carbocycles. The number of nitrogens with one attached hydrogen (secondary N) is 1. The van der Waals surface area contributed by atoms with Gasteiger partial charge in [-0.25, -0.2) is 0 Å². The fourth-order valence-corrected chi connectivity index (χ4v) is 3.62. The lowest BCUT2D eigenvalue weighted by Crippen LogP contribution is -2.45. The molecule has 1 aromatic rings. The molecule has 0 saturated carbocycles. The maximum atomic E-state index is 12.5. The van der Waals surface area contributed by atoms with Crippen LogP contribution in [0.2, 0.25) is 0 Å². The van der Waals surface area contributed by atoms with Crippen LogP contribution in [0, 0.1) is 0 Å². The van der Waals surface area contributed by atoms with Crippen molar-refractivity contribution in [2.45, 2.75) is 38.0 Å². The largest absolute Gasteiger partial charge is 0.497 e. The van der Waals surface area contributed by atoms with Gasteiger partial charge in [0.15, 0.2) is 0 Å². The molecule has 0 spiro atoms. The van der Waals surface area contributed by atoms with Gasteiger partial charge in [0.25, 0.3) is 0 Å². The summed E-state index contributed by atoms with van der Waals surface area (Å²) in [5.74, 6) is 0.731. The first-order chi connectivity index (χ1) is 13.7. The van der Waals surface area contributed by atoms with Crippen LogP contribution in [-0.4, -0.2) is 76.2 Å². The number of methoxy groups -OCH3 is 1. The van der Waals surface area contributed by atoms with Crippen LogP contribution in [-0.2, 0) is 19.0 Å². The molecule has 0 radical (unpaired) electrons. The first kappa shape index (κ1) is 21.0. The molecule has 3 atom stereocenters. The average molecular weight is 392 g/mol. The molecule has 7 nitrogen and oxygen atoms in total. The molecule has 1 amide bonds. The number of benzene rings is 1. The van der Waals surface area contributed by atoms with Crippen molar-refractivity contribution in [2.24, 2.45) is 0 Å². The Hall–Kier alpha value is -1.67. The number of carbonyl (C=O) groups excluding carboxylic acids is 1. The van der Waals surface area contributed by atoms with Gasteiger partial charge in [0.2, 0.25) is 5.91 Å². The van der Waals surface area contributed by atoms with Crippen LogP contribution in [0.4, 0.5) is 0 Å². The molecule has 0 unspecified atom stereocenters. The molecule has 1 aromatic carbocycles. The first-order valence-electron chi connectivity index (χ1n) is 10.1. The second-order valence-corrected chi connectivity index (χ2v) is 7.29. The van der Waals surface area contributed by atoms with Crippen molar-refractivity contribution in [1.82, 2.24) is 10.2 Å². The molecule has 2 fully saturated rings.